The molecule has 2 heteroatoms. The maximum atomic E-state index is 5.87. The number of nitrogens with two attached hydrogens (primary N) is 1. The largest absolute Gasteiger partial charge is 0.324 e. The smallest absolute Gasteiger partial charge is 0.0247 e. The van der Waals surface area contributed by atoms with Crippen LogP contribution in [0.4, 0.5) is 0 Å². The van der Waals surface area contributed by atoms with Crippen LogP contribution in [0.3, 0.4) is 0 Å². The topological polar surface area (TPSA) is 26.0 Å². The summed E-state index contributed by atoms with van der Waals surface area (Å²) in [6, 6.07) is 0. The summed E-state index contributed by atoms with van der Waals surface area (Å²) in [5.41, 5.74) is 6.12. The minimum absolute atomic E-state index is 0.245. The van der Waals surface area contributed by atoms with E-state index in [4.69, 9.17) is 5.73 Å². The Hall–Kier alpha value is 0.310. The standard InChI is InChI=1S/C7H15NS/c1-6(2)9-5-7(8)3-4-7/h6H,3-5,8H2,1-2H3. The van der Waals surface area contributed by atoms with Gasteiger partial charge in [0.25, 0.3) is 0 Å². The van der Waals surface area contributed by atoms with Gasteiger partial charge in [0.2, 0.25) is 0 Å². The Kier molecular flexibility index (Phi) is 2.07. The summed E-state index contributed by atoms with van der Waals surface area (Å²) in [6.45, 7) is 4.44. The maximum Gasteiger partial charge on any atom is 0.0247 e. The molecule has 0 unspecified atom stereocenters. The Morgan fingerprint density at radius 3 is 2.44 bits per heavy atom. The first kappa shape index (κ1) is 7.42. The van der Waals surface area contributed by atoms with E-state index >= 15 is 0 Å². The highest BCUT2D eigenvalue weighted by molar-refractivity contribution is 7.99. The van der Waals surface area contributed by atoms with Crippen molar-refractivity contribution in [1.29, 1.82) is 0 Å². The Balaban J connectivity index is 2.05. The van der Waals surface area contributed by atoms with Crippen LogP contribution >= 0.6 is 11.8 Å². The summed E-state index contributed by atoms with van der Waals surface area (Å²) < 4.78 is 0. The van der Waals surface area contributed by atoms with Gasteiger partial charge in [0, 0.05) is 11.3 Å². The second-order valence-corrected chi connectivity index (χ2v) is 4.79. The molecule has 1 fully saturated rings. The molecule has 0 heterocycles. The van der Waals surface area contributed by atoms with Gasteiger partial charge in [0.1, 0.15) is 0 Å². The van der Waals surface area contributed by atoms with E-state index in [0.717, 1.165) is 11.0 Å². The molecular formula is C7H15NS. The monoisotopic (exact) mass is 145 g/mol. The number of thioether (sulfide) groups is 1. The van der Waals surface area contributed by atoms with Gasteiger partial charge in [0.15, 0.2) is 0 Å². The lowest BCUT2D eigenvalue weighted by atomic mass is 10.4. The summed E-state index contributed by atoms with van der Waals surface area (Å²) in [5, 5.41) is 0.742. The van der Waals surface area contributed by atoms with Crippen molar-refractivity contribution in [2.45, 2.75) is 37.5 Å². The Bertz CT molecular complexity index is 97.1. The fourth-order valence-electron chi connectivity index (χ4n) is 0.638. The van der Waals surface area contributed by atoms with Gasteiger partial charge < -0.3 is 5.73 Å². The first-order chi connectivity index (χ1) is 4.12. The second kappa shape index (κ2) is 2.51. The normalized spacial score (nSPS) is 22.7. The molecule has 1 aliphatic rings. The SMILES string of the molecule is CC(C)SCC1(N)CC1. The molecule has 2 N–H and O–H groups in total. The molecule has 1 aliphatic carbocycles. The quantitative estimate of drug-likeness (QED) is 0.653. The molecular weight excluding hydrogens is 130 g/mol. The third-order valence-corrected chi connectivity index (χ3v) is 3.00. The molecule has 0 radical (unpaired) electrons. The molecule has 0 amide bonds. The van der Waals surface area contributed by atoms with Crippen LogP contribution in [0.5, 0.6) is 0 Å². The fourth-order valence-corrected chi connectivity index (χ4v) is 1.59. The van der Waals surface area contributed by atoms with Crippen LogP contribution in [0.1, 0.15) is 26.7 Å². The first-order valence-corrected chi connectivity index (χ1v) is 4.58. The molecule has 0 aromatic rings. The number of rotatable bonds is 3. The van der Waals surface area contributed by atoms with Gasteiger partial charge in [-0.3, -0.25) is 0 Å². The Morgan fingerprint density at radius 1 is 1.56 bits per heavy atom. The molecule has 0 atom stereocenters. The zero-order valence-electron chi connectivity index (χ0n) is 6.18. The van der Waals surface area contributed by atoms with Gasteiger partial charge >= 0.3 is 0 Å². The van der Waals surface area contributed by atoms with Crippen LogP contribution in [0.25, 0.3) is 0 Å². The van der Waals surface area contributed by atoms with Crippen LogP contribution in [0.2, 0.25) is 0 Å². The minimum atomic E-state index is 0.245. The van der Waals surface area contributed by atoms with Crippen molar-refractivity contribution in [2.24, 2.45) is 5.73 Å². The third-order valence-electron chi connectivity index (χ3n) is 1.60. The zero-order chi connectivity index (χ0) is 6.91. The highest BCUT2D eigenvalue weighted by Gasteiger charge is 2.37. The van der Waals surface area contributed by atoms with Crippen LogP contribution in [0, 0.1) is 0 Å². The lowest BCUT2D eigenvalue weighted by molar-refractivity contribution is 0.773. The molecule has 0 aliphatic heterocycles. The summed E-state index contributed by atoms with van der Waals surface area (Å²) in [6.07, 6.45) is 2.49. The van der Waals surface area contributed by atoms with Crippen molar-refractivity contribution in [3.8, 4) is 0 Å². The molecule has 54 valence electrons. The van der Waals surface area contributed by atoms with Gasteiger partial charge in [0.05, 0.1) is 0 Å². The lowest BCUT2D eigenvalue weighted by Crippen LogP contribution is -2.25. The van der Waals surface area contributed by atoms with Crippen LogP contribution in [-0.2, 0) is 0 Å². The average molecular weight is 145 g/mol. The first-order valence-electron chi connectivity index (χ1n) is 3.53. The molecule has 0 aromatic heterocycles. The number of hydrogen-bond acceptors (Lipinski definition) is 2. The Labute approximate surface area is 61.4 Å². The van der Waals surface area contributed by atoms with Crippen molar-refractivity contribution in [1.82, 2.24) is 0 Å². The molecule has 0 bridgehead atoms. The third kappa shape index (κ3) is 2.59. The van der Waals surface area contributed by atoms with Gasteiger partial charge in [-0.15, -0.1) is 0 Å². The van der Waals surface area contributed by atoms with E-state index in [0.29, 0.717) is 0 Å². The van der Waals surface area contributed by atoms with E-state index in [1.807, 2.05) is 11.8 Å². The maximum absolute atomic E-state index is 5.87. The van der Waals surface area contributed by atoms with Crippen molar-refractivity contribution in [3.63, 3.8) is 0 Å². The summed E-state index contributed by atoms with van der Waals surface area (Å²) in [5.74, 6) is 1.16. The molecule has 0 spiro atoms. The average Bonchev–Trinajstić information content (AvgIpc) is 2.45. The number of hydrogen-bond donors (Lipinski definition) is 1. The van der Waals surface area contributed by atoms with Crippen molar-refractivity contribution in [2.75, 3.05) is 5.75 Å². The zero-order valence-corrected chi connectivity index (χ0v) is 7.00. The van der Waals surface area contributed by atoms with Gasteiger partial charge in [-0.2, -0.15) is 11.8 Å². The van der Waals surface area contributed by atoms with Crippen LogP contribution in [0.15, 0.2) is 0 Å². The minimum Gasteiger partial charge on any atom is -0.324 e. The second-order valence-electron chi connectivity index (χ2n) is 3.22. The van der Waals surface area contributed by atoms with Crippen LogP contribution in [-0.4, -0.2) is 16.5 Å². The molecule has 0 saturated heterocycles. The fraction of sp³-hybridized carbons (Fsp3) is 1.00. The van der Waals surface area contributed by atoms with E-state index in [1.165, 1.54) is 12.8 Å². The Morgan fingerprint density at radius 2 is 2.11 bits per heavy atom. The molecule has 1 rings (SSSR count). The molecule has 1 saturated carbocycles. The summed E-state index contributed by atoms with van der Waals surface area (Å²) >= 11 is 1.98. The summed E-state index contributed by atoms with van der Waals surface area (Å²) in [4.78, 5) is 0. The van der Waals surface area contributed by atoms with E-state index in [-0.39, 0.29) is 5.54 Å². The summed E-state index contributed by atoms with van der Waals surface area (Å²) in [7, 11) is 0. The van der Waals surface area contributed by atoms with Crippen molar-refractivity contribution in [3.05, 3.63) is 0 Å². The lowest BCUT2D eigenvalue weighted by Gasteiger charge is -2.09. The molecule has 9 heavy (non-hydrogen) atoms. The predicted octanol–water partition coefficient (Wildman–Crippen LogP) is 1.62. The highest BCUT2D eigenvalue weighted by Crippen LogP contribution is 2.36. The van der Waals surface area contributed by atoms with Crippen molar-refractivity contribution >= 4 is 11.8 Å². The molecule has 0 aromatic carbocycles. The van der Waals surface area contributed by atoms with Gasteiger partial charge in [-0.05, 0) is 18.1 Å². The van der Waals surface area contributed by atoms with E-state index in [2.05, 4.69) is 13.8 Å². The predicted molar refractivity (Wildman–Crippen MR) is 43.7 cm³/mol. The van der Waals surface area contributed by atoms with E-state index in [1.54, 1.807) is 0 Å². The van der Waals surface area contributed by atoms with Crippen LogP contribution < -0.4 is 5.73 Å². The van der Waals surface area contributed by atoms with E-state index in [9.17, 15) is 0 Å². The van der Waals surface area contributed by atoms with Gasteiger partial charge in [-0.25, -0.2) is 0 Å². The van der Waals surface area contributed by atoms with Gasteiger partial charge in [-0.1, -0.05) is 13.8 Å². The van der Waals surface area contributed by atoms with Crippen molar-refractivity contribution < 1.29 is 0 Å². The highest BCUT2D eigenvalue weighted by atomic mass is 32.2. The molecule has 1 nitrogen and oxygen atoms in total. The van der Waals surface area contributed by atoms with E-state index < -0.39 is 0 Å².